The molecule has 1 fully saturated rings. The lowest BCUT2D eigenvalue weighted by Crippen LogP contribution is -2.52. The van der Waals surface area contributed by atoms with Crippen LogP contribution in [0.1, 0.15) is 38.8 Å². The van der Waals surface area contributed by atoms with E-state index in [-0.39, 0.29) is 11.1 Å². The predicted octanol–water partition coefficient (Wildman–Crippen LogP) is 4.40. The largest absolute Gasteiger partial charge is 0.493 e. The smallest absolute Gasteiger partial charge is 0.203 e. The van der Waals surface area contributed by atoms with Gasteiger partial charge in [-0.15, -0.1) is 0 Å². The second-order valence-electron chi connectivity index (χ2n) is 10.2. The first kappa shape index (κ1) is 24.4. The number of piperazine rings is 1. The maximum absolute atomic E-state index is 5.71. The van der Waals surface area contributed by atoms with Gasteiger partial charge in [-0.25, -0.2) is 0 Å². The molecule has 0 unspecified atom stereocenters. The summed E-state index contributed by atoms with van der Waals surface area (Å²) in [4.78, 5) is 5.08. The van der Waals surface area contributed by atoms with Gasteiger partial charge in [-0.3, -0.25) is 10.2 Å². The molecule has 0 saturated carbocycles. The van der Waals surface area contributed by atoms with Crippen LogP contribution < -0.4 is 19.5 Å². The summed E-state index contributed by atoms with van der Waals surface area (Å²) >= 11 is 0. The molecule has 2 aromatic carbocycles. The van der Waals surface area contributed by atoms with Crippen LogP contribution in [0.3, 0.4) is 0 Å². The van der Waals surface area contributed by atoms with Gasteiger partial charge in [0.15, 0.2) is 11.5 Å². The first-order valence-electron chi connectivity index (χ1n) is 12.1. The third-order valence-electron chi connectivity index (χ3n) is 7.01. The Hall–Kier alpha value is -2.70. The molecular weight excluding hydrogens is 426 g/mol. The maximum atomic E-state index is 5.71. The van der Waals surface area contributed by atoms with Crippen LogP contribution in [-0.4, -0.2) is 68.4 Å². The molecule has 0 spiro atoms. The molecule has 1 N–H and O–H groups in total. The summed E-state index contributed by atoms with van der Waals surface area (Å²) in [7, 11) is 4.99. The number of nitrogens with zero attached hydrogens (tertiary/aromatic N) is 2. The number of methoxy groups -OCH3 is 3. The van der Waals surface area contributed by atoms with Crippen molar-refractivity contribution in [2.45, 2.75) is 45.3 Å². The second kappa shape index (κ2) is 9.51. The Balaban J connectivity index is 1.56. The summed E-state index contributed by atoms with van der Waals surface area (Å²) in [6.45, 7) is 14.0. The Bertz CT molecular complexity index is 1040. The average molecular weight is 466 g/mol. The zero-order valence-electron chi connectivity index (χ0n) is 21.7. The number of benzene rings is 2. The molecule has 2 aromatic rings. The molecule has 1 saturated heterocycles. The van der Waals surface area contributed by atoms with Crippen LogP contribution in [0, 0.1) is 0 Å². The van der Waals surface area contributed by atoms with E-state index >= 15 is 0 Å². The first-order chi connectivity index (χ1) is 16.2. The van der Waals surface area contributed by atoms with Gasteiger partial charge in [0.1, 0.15) is 0 Å². The average Bonchev–Trinajstić information content (AvgIpc) is 3.02. The van der Waals surface area contributed by atoms with E-state index in [1.807, 2.05) is 6.07 Å². The van der Waals surface area contributed by atoms with E-state index < -0.39 is 0 Å². The molecule has 2 aliphatic heterocycles. The Morgan fingerprint density at radius 3 is 2.00 bits per heavy atom. The van der Waals surface area contributed by atoms with Crippen molar-refractivity contribution in [3.05, 3.63) is 59.3 Å². The van der Waals surface area contributed by atoms with Crippen LogP contribution in [0.15, 0.2) is 48.2 Å². The van der Waals surface area contributed by atoms with E-state index in [2.05, 4.69) is 79.2 Å². The Labute approximate surface area is 204 Å². The minimum absolute atomic E-state index is 0.0929. The summed E-state index contributed by atoms with van der Waals surface area (Å²) in [5.74, 6) is 2.09. The molecule has 34 heavy (non-hydrogen) atoms. The van der Waals surface area contributed by atoms with Crippen LogP contribution >= 0.6 is 0 Å². The molecule has 6 nitrogen and oxygen atoms in total. The standard InChI is InChI=1S/C28H39N3O3/c1-27(2)23(20-11-9-8-10-12-20)26(28(3,4)29-27)31-17-15-30(16-18-31)19-21-13-14-22(32-5)25(34-7)24(21)33-6/h8-14,29H,15-19H2,1-7H3. The highest BCUT2D eigenvalue weighted by Gasteiger charge is 2.46. The highest BCUT2D eigenvalue weighted by Crippen LogP contribution is 2.44. The van der Waals surface area contributed by atoms with Crippen molar-refractivity contribution in [1.29, 1.82) is 0 Å². The Morgan fingerprint density at radius 2 is 1.41 bits per heavy atom. The quantitative estimate of drug-likeness (QED) is 0.654. The highest BCUT2D eigenvalue weighted by atomic mass is 16.5. The van der Waals surface area contributed by atoms with Gasteiger partial charge >= 0.3 is 0 Å². The highest BCUT2D eigenvalue weighted by molar-refractivity contribution is 5.79. The summed E-state index contributed by atoms with van der Waals surface area (Å²) in [5.41, 5.74) is 5.06. The van der Waals surface area contributed by atoms with E-state index in [0.717, 1.165) is 44.0 Å². The van der Waals surface area contributed by atoms with Crippen LogP contribution in [0.2, 0.25) is 0 Å². The Kier molecular flexibility index (Phi) is 6.83. The maximum Gasteiger partial charge on any atom is 0.203 e. The van der Waals surface area contributed by atoms with Gasteiger partial charge < -0.3 is 19.1 Å². The number of hydrogen-bond donors (Lipinski definition) is 1. The topological polar surface area (TPSA) is 46.2 Å². The lowest BCUT2D eigenvalue weighted by atomic mass is 9.88. The third-order valence-corrected chi connectivity index (χ3v) is 7.01. The number of rotatable bonds is 7. The molecule has 0 atom stereocenters. The van der Waals surface area contributed by atoms with Gasteiger partial charge in [-0.05, 0) is 44.9 Å². The summed E-state index contributed by atoms with van der Waals surface area (Å²) in [6.07, 6.45) is 0. The van der Waals surface area contributed by atoms with Crippen molar-refractivity contribution in [2.24, 2.45) is 0 Å². The zero-order valence-corrected chi connectivity index (χ0v) is 21.7. The summed E-state index contributed by atoms with van der Waals surface area (Å²) in [6, 6.07) is 14.9. The van der Waals surface area contributed by atoms with Crippen molar-refractivity contribution >= 4 is 5.57 Å². The minimum atomic E-state index is -0.0938. The molecule has 4 rings (SSSR count). The normalized spacial score (nSPS) is 19.9. The monoisotopic (exact) mass is 465 g/mol. The van der Waals surface area contributed by atoms with Gasteiger partial charge in [0.2, 0.25) is 5.75 Å². The molecule has 2 heterocycles. The second-order valence-corrected chi connectivity index (χ2v) is 10.2. The number of nitrogens with one attached hydrogen (secondary N) is 1. The van der Waals surface area contributed by atoms with Crippen molar-refractivity contribution in [3.63, 3.8) is 0 Å². The first-order valence-corrected chi connectivity index (χ1v) is 12.1. The zero-order chi connectivity index (χ0) is 24.5. The Morgan fingerprint density at radius 1 is 0.765 bits per heavy atom. The van der Waals surface area contributed by atoms with E-state index in [0.29, 0.717) is 11.5 Å². The number of hydrogen-bond acceptors (Lipinski definition) is 6. The van der Waals surface area contributed by atoms with Crippen LogP contribution in [0.4, 0.5) is 0 Å². The van der Waals surface area contributed by atoms with Gasteiger partial charge in [-0.2, -0.15) is 0 Å². The SMILES string of the molecule is COc1ccc(CN2CCN(C3=C(c4ccccc4)C(C)(C)NC3(C)C)CC2)c(OC)c1OC. The molecule has 0 aromatic heterocycles. The molecule has 0 radical (unpaired) electrons. The summed E-state index contributed by atoms with van der Waals surface area (Å²) in [5, 5.41) is 3.88. The molecule has 184 valence electrons. The minimum Gasteiger partial charge on any atom is -0.493 e. The molecule has 0 aliphatic carbocycles. The molecular formula is C28H39N3O3. The van der Waals surface area contributed by atoms with Gasteiger partial charge in [0, 0.05) is 49.5 Å². The van der Waals surface area contributed by atoms with Gasteiger partial charge in [-0.1, -0.05) is 36.4 Å². The van der Waals surface area contributed by atoms with Crippen LogP contribution in [0.5, 0.6) is 17.2 Å². The molecule has 0 amide bonds. The fourth-order valence-electron chi connectivity index (χ4n) is 5.83. The van der Waals surface area contributed by atoms with E-state index in [9.17, 15) is 0 Å². The predicted molar refractivity (Wildman–Crippen MR) is 138 cm³/mol. The summed E-state index contributed by atoms with van der Waals surface area (Å²) < 4.78 is 16.7. The lowest BCUT2D eigenvalue weighted by Gasteiger charge is -2.41. The van der Waals surface area contributed by atoms with Gasteiger partial charge in [0.25, 0.3) is 0 Å². The van der Waals surface area contributed by atoms with E-state index in [1.54, 1.807) is 21.3 Å². The fraction of sp³-hybridized carbons (Fsp3) is 0.500. The lowest BCUT2D eigenvalue weighted by molar-refractivity contribution is 0.139. The fourth-order valence-corrected chi connectivity index (χ4v) is 5.83. The van der Waals surface area contributed by atoms with Crippen molar-refractivity contribution < 1.29 is 14.2 Å². The molecule has 2 aliphatic rings. The van der Waals surface area contributed by atoms with Crippen molar-refractivity contribution in [1.82, 2.24) is 15.1 Å². The molecule has 0 bridgehead atoms. The van der Waals surface area contributed by atoms with Crippen molar-refractivity contribution in [3.8, 4) is 17.2 Å². The van der Waals surface area contributed by atoms with Gasteiger partial charge in [0.05, 0.1) is 26.9 Å². The van der Waals surface area contributed by atoms with Crippen molar-refractivity contribution in [2.75, 3.05) is 47.5 Å². The van der Waals surface area contributed by atoms with E-state index in [4.69, 9.17) is 14.2 Å². The van der Waals surface area contributed by atoms with Crippen LogP contribution in [0.25, 0.3) is 5.57 Å². The number of ether oxygens (including phenoxy) is 3. The molecule has 6 heteroatoms. The van der Waals surface area contributed by atoms with E-state index in [1.165, 1.54) is 16.8 Å². The third kappa shape index (κ3) is 4.49. The van der Waals surface area contributed by atoms with Crippen LogP contribution in [-0.2, 0) is 6.54 Å².